The quantitative estimate of drug-likeness (QED) is 0.746. The molecule has 1 aliphatic heterocycles. The molecule has 0 saturated heterocycles. The van der Waals surface area contributed by atoms with Crippen LogP contribution in [0.3, 0.4) is 0 Å². The molecule has 1 aromatic heterocycles. The first kappa shape index (κ1) is 13.7. The lowest BCUT2D eigenvalue weighted by Crippen LogP contribution is -2.24. The number of thiazole rings is 1. The average Bonchev–Trinajstić information content (AvgIpc) is 2.72. The Balaban J connectivity index is 2.50. The molecule has 0 spiro atoms. The van der Waals surface area contributed by atoms with Crippen LogP contribution in [-0.2, 0) is 4.79 Å². The van der Waals surface area contributed by atoms with Crippen molar-refractivity contribution in [2.75, 3.05) is 7.05 Å². The minimum atomic E-state index is -4.65. The Morgan fingerprint density at radius 1 is 1.32 bits per heavy atom. The van der Waals surface area contributed by atoms with Crippen LogP contribution in [0, 0.1) is 13.8 Å². The maximum absolute atomic E-state index is 12.8. The number of aromatic nitrogens is 1. The second-order valence-electron chi connectivity index (χ2n) is 4.02. The van der Waals surface area contributed by atoms with E-state index in [1.165, 1.54) is 24.5 Å². The zero-order chi connectivity index (χ0) is 14.4. The van der Waals surface area contributed by atoms with Crippen LogP contribution < -0.4 is 0 Å². The van der Waals surface area contributed by atoms with Crippen molar-refractivity contribution in [3.8, 4) is 0 Å². The Morgan fingerprint density at radius 3 is 2.42 bits per heavy atom. The molecule has 8 heteroatoms. The predicted molar refractivity (Wildman–Crippen MR) is 65.8 cm³/mol. The molecular formula is C11H10F3N3OS. The van der Waals surface area contributed by atoms with E-state index >= 15 is 0 Å². The molecule has 1 aliphatic rings. The molecule has 0 aliphatic carbocycles. The Kier molecular flexibility index (Phi) is 3.21. The Morgan fingerprint density at radius 2 is 1.95 bits per heavy atom. The van der Waals surface area contributed by atoms with Gasteiger partial charge in [0, 0.05) is 7.05 Å². The fraction of sp³-hybridized carbons (Fsp3) is 0.364. The number of alkyl halides is 3. The normalized spacial score (nSPS) is 18.4. The molecule has 2 heterocycles. The van der Waals surface area contributed by atoms with Crippen molar-refractivity contribution < 1.29 is 18.0 Å². The fourth-order valence-electron chi connectivity index (χ4n) is 1.68. The number of hydrogen-bond acceptors (Lipinski definition) is 4. The zero-order valence-electron chi connectivity index (χ0n) is 10.4. The third-order valence-electron chi connectivity index (χ3n) is 2.51. The van der Waals surface area contributed by atoms with Crippen molar-refractivity contribution in [2.45, 2.75) is 20.0 Å². The molecule has 4 nitrogen and oxygen atoms in total. The minimum absolute atomic E-state index is 0.443. The lowest BCUT2D eigenvalue weighted by Gasteiger charge is -2.05. The van der Waals surface area contributed by atoms with E-state index in [1.54, 1.807) is 13.8 Å². The smallest absolute Gasteiger partial charge is 0.267 e. The molecule has 1 amide bonds. The zero-order valence-corrected chi connectivity index (χ0v) is 11.2. The van der Waals surface area contributed by atoms with Crippen LogP contribution in [0.15, 0.2) is 10.7 Å². The van der Waals surface area contributed by atoms with Crippen LogP contribution in [0.2, 0.25) is 0 Å². The average molecular weight is 289 g/mol. The highest BCUT2D eigenvalue weighted by Crippen LogP contribution is 2.30. The van der Waals surface area contributed by atoms with E-state index in [9.17, 15) is 18.0 Å². The maximum Gasteiger partial charge on any atom is 0.435 e. The Labute approximate surface area is 111 Å². The number of aryl methyl sites for hydroxylation is 2. The molecule has 0 radical (unpaired) electrons. The number of carbonyl (C=O) groups is 1. The number of amides is 1. The first-order chi connectivity index (χ1) is 8.70. The van der Waals surface area contributed by atoms with Gasteiger partial charge in [-0.15, -0.1) is 11.3 Å². The molecule has 2 rings (SSSR count). The van der Waals surface area contributed by atoms with Gasteiger partial charge in [0.1, 0.15) is 0 Å². The van der Waals surface area contributed by atoms with E-state index in [0.29, 0.717) is 15.6 Å². The summed E-state index contributed by atoms with van der Waals surface area (Å²) in [5, 5.41) is 4.67. The summed E-state index contributed by atoms with van der Waals surface area (Å²) in [5.41, 5.74) is -1.01. The van der Waals surface area contributed by atoms with Crippen LogP contribution in [0.5, 0.6) is 0 Å². The second-order valence-corrected chi connectivity index (χ2v) is 5.25. The number of hydrazone groups is 1. The molecule has 0 atom stereocenters. The number of carbonyl (C=O) groups excluding carboxylic acids is 1. The molecule has 0 unspecified atom stereocenters. The number of hydrogen-bond donors (Lipinski definition) is 0. The summed E-state index contributed by atoms with van der Waals surface area (Å²) >= 11 is 1.24. The molecule has 0 N–H and O–H groups in total. The maximum atomic E-state index is 12.8. The van der Waals surface area contributed by atoms with E-state index in [1.807, 2.05) is 0 Å². The van der Waals surface area contributed by atoms with E-state index in [2.05, 4.69) is 10.1 Å². The fourth-order valence-corrected chi connectivity index (χ4v) is 2.55. The van der Waals surface area contributed by atoms with Gasteiger partial charge in [0.15, 0.2) is 5.71 Å². The summed E-state index contributed by atoms with van der Waals surface area (Å²) in [5.74, 6) is -0.766. The minimum Gasteiger partial charge on any atom is -0.267 e. The highest BCUT2D eigenvalue weighted by molar-refractivity contribution is 7.12. The van der Waals surface area contributed by atoms with Gasteiger partial charge in [-0.2, -0.15) is 18.3 Å². The van der Waals surface area contributed by atoms with Crippen molar-refractivity contribution in [2.24, 2.45) is 5.10 Å². The number of halogens is 3. The monoisotopic (exact) mass is 289 g/mol. The first-order valence-electron chi connectivity index (χ1n) is 5.30. The summed E-state index contributed by atoms with van der Waals surface area (Å²) in [6, 6.07) is 0. The van der Waals surface area contributed by atoms with E-state index < -0.39 is 23.4 Å². The standard InChI is InChI=1S/C11H10F3N3OS/c1-5-8(19-6(2)15-5)4-7-9(11(12,13)14)16-17(3)10(7)18/h4H,1-3H3/b7-4-. The Hall–Kier alpha value is -1.70. The lowest BCUT2D eigenvalue weighted by molar-refractivity contribution is -0.124. The van der Waals surface area contributed by atoms with Crippen molar-refractivity contribution in [3.05, 3.63) is 21.2 Å². The number of likely N-dealkylation sites (N-methyl/N-ethyl adjacent to an activating group) is 1. The van der Waals surface area contributed by atoms with Crippen LogP contribution in [0.4, 0.5) is 13.2 Å². The van der Waals surface area contributed by atoms with Crippen LogP contribution >= 0.6 is 11.3 Å². The van der Waals surface area contributed by atoms with E-state index in [4.69, 9.17) is 0 Å². The van der Waals surface area contributed by atoms with E-state index in [0.717, 1.165) is 5.01 Å². The molecular weight excluding hydrogens is 279 g/mol. The number of rotatable bonds is 1. The highest BCUT2D eigenvalue weighted by Gasteiger charge is 2.45. The van der Waals surface area contributed by atoms with Crippen molar-refractivity contribution in [3.63, 3.8) is 0 Å². The molecule has 0 saturated carbocycles. The summed E-state index contributed by atoms with van der Waals surface area (Å²) in [4.78, 5) is 16.4. The third kappa shape index (κ3) is 2.53. The second kappa shape index (κ2) is 4.44. The summed E-state index contributed by atoms with van der Waals surface area (Å²) in [7, 11) is 1.19. The molecule has 0 fully saturated rings. The SMILES string of the molecule is Cc1nc(C)c(/C=C2\C(=O)N(C)N=C2C(F)(F)F)s1. The number of nitrogens with zero attached hydrogens (tertiary/aromatic N) is 3. The largest absolute Gasteiger partial charge is 0.435 e. The van der Waals surface area contributed by atoms with Gasteiger partial charge < -0.3 is 0 Å². The van der Waals surface area contributed by atoms with Gasteiger partial charge >= 0.3 is 6.18 Å². The van der Waals surface area contributed by atoms with Gasteiger partial charge in [0.25, 0.3) is 5.91 Å². The Bertz CT molecular complexity index is 601. The van der Waals surface area contributed by atoms with Crippen molar-refractivity contribution in [1.29, 1.82) is 0 Å². The molecule has 19 heavy (non-hydrogen) atoms. The van der Waals surface area contributed by atoms with Crippen molar-refractivity contribution >= 4 is 29.0 Å². The summed E-state index contributed by atoms with van der Waals surface area (Å²) < 4.78 is 38.4. The lowest BCUT2D eigenvalue weighted by atomic mass is 10.1. The van der Waals surface area contributed by atoms with Gasteiger partial charge in [-0.05, 0) is 19.9 Å². The van der Waals surface area contributed by atoms with Crippen LogP contribution in [0.1, 0.15) is 15.6 Å². The van der Waals surface area contributed by atoms with Crippen LogP contribution in [-0.4, -0.2) is 34.8 Å². The summed E-state index contributed by atoms with van der Waals surface area (Å²) in [6.45, 7) is 3.43. The molecule has 0 bridgehead atoms. The predicted octanol–water partition coefficient (Wildman–Crippen LogP) is 2.53. The van der Waals surface area contributed by atoms with Gasteiger partial charge in [-0.25, -0.2) is 9.99 Å². The highest BCUT2D eigenvalue weighted by atomic mass is 32.1. The van der Waals surface area contributed by atoms with E-state index in [-0.39, 0.29) is 0 Å². The topological polar surface area (TPSA) is 45.6 Å². The summed E-state index contributed by atoms with van der Waals surface area (Å²) in [6.07, 6.45) is -3.45. The third-order valence-corrected chi connectivity index (χ3v) is 3.53. The van der Waals surface area contributed by atoms with Crippen molar-refractivity contribution in [1.82, 2.24) is 9.99 Å². The first-order valence-corrected chi connectivity index (χ1v) is 6.11. The van der Waals surface area contributed by atoms with Gasteiger partial charge in [-0.3, -0.25) is 4.79 Å². The molecule has 0 aromatic carbocycles. The van der Waals surface area contributed by atoms with Gasteiger partial charge in [0.05, 0.1) is 21.2 Å². The van der Waals surface area contributed by atoms with Gasteiger partial charge in [0.2, 0.25) is 0 Å². The molecule has 1 aromatic rings. The van der Waals surface area contributed by atoms with Gasteiger partial charge in [-0.1, -0.05) is 0 Å². The van der Waals surface area contributed by atoms with Crippen LogP contribution in [0.25, 0.3) is 6.08 Å². The molecule has 102 valence electrons.